The van der Waals surface area contributed by atoms with Crippen molar-refractivity contribution in [2.24, 2.45) is 0 Å². The topological polar surface area (TPSA) is 18.5 Å². The molecule has 0 fully saturated rings. The molecule has 0 atom stereocenters. The molecule has 13 heavy (non-hydrogen) atoms. The number of benzene rings is 1. The zero-order valence-electron chi connectivity index (χ0n) is 7.17. The van der Waals surface area contributed by atoms with Crippen LogP contribution < -0.4 is 4.43 Å². The van der Waals surface area contributed by atoms with Gasteiger partial charge in [-0.05, 0) is 19.1 Å². The van der Waals surface area contributed by atoms with Crippen LogP contribution in [-0.2, 0) is 4.43 Å². The summed E-state index contributed by atoms with van der Waals surface area (Å²) in [7, 11) is -3.00. The van der Waals surface area contributed by atoms with Crippen molar-refractivity contribution in [3.63, 3.8) is 0 Å². The SMILES string of the molecule is CCO[Si](Cl)(Cl)Oc1ccccc1. The van der Waals surface area contributed by atoms with E-state index in [9.17, 15) is 0 Å². The molecule has 72 valence electrons. The van der Waals surface area contributed by atoms with Gasteiger partial charge in [-0.25, -0.2) is 0 Å². The first-order valence-electron chi connectivity index (χ1n) is 3.90. The zero-order chi connectivity index (χ0) is 9.73. The van der Waals surface area contributed by atoms with Crippen LogP contribution in [0.4, 0.5) is 0 Å². The maximum atomic E-state index is 5.83. The van der Waals surface area contributed by atoms with Gasteiger partial charge in [0, 0.05) is 6.61 Å². The molecule has 0 saturated heterocycles. The normalized spacial score (nSPS) is 11.3. The lowest BCUT2D eigenvalue weighted by Crippen LogP contribution is -2.32. The first-order valence-corrected chi connectivity index (χ1v) is 7.74. The zero-order valence-corrected chi connectivity index (χ0v) is 9.68. The van der Waals surface area contributed by atoms with Gasteiger partial charge in [0.25, 0.3) is 0 Å². The Hall–Kier alpha value is -0.223. The standard InChI is InChI=1S/C8H10Cl2O2Si/c1-2-11-13(9,10)12-8-6-4-3-5-7-8/h3-7H,2H2,1H3. The van der Waals surface area contributed by atoms with Gasteiger partial charge in [-0.15, -0.1) is 0 Å². The van der Waals surface area contributed by atoms with Gasteiger partial charge in [0.15, 0.2) is 0 Å². The van der Waals surface area contributed by atoms with Crippen molar-refractivity contribution >= 4 is 29.3 Å². The average molecular weight is 237 g/mol. The van der Waals surface area contributed by atoms with E-state index in [0.717, 1.165) is 0 Å². The third-order valence-electron chi connectivity index (χ3n) is 1.29. The van der Waals surface area contributed by atoms with Crippen LogP contribution in [0.5, 0.6) is 5.75 Å². The first kappa shape index (κ1) is 10.9. The molecule has 1 aromatic rings. The van der Waals surface area contributed by atoms with Crippen molar-refractivity contribution in [1.82, 2.24) is 0 Å². The van der Waals surface area contributed by atoms with E-state index in [0.29, 0.717) is 12.4 Å². The maximum absolute atomic E-state index is 5.83. The molecule has 0 saturated carbocycles. The van der Waals surface area contributed by atoms with Gasteiger partial charge in [-0.3, -0.25) is 0 Å². The minimum atomic E-state index is -3.00. The summed E-state index contributed by atoms with van der Waals surface area (Å²) in [6.07, 6.45) is 0. The number of hydrogen-bond acceptors (Lipinski definition) is 2. The molecule has 0 aliphatic carbocycles. The minimum Gasteiger partial charge on any atom is -0.499 e. The average Bonchev–Trinajstić information content (AvgIpc) is 2.04. The smallest absolute Gasteiger partial charge is 0.499 e. The molecule has 1 rings (SSSR count). The van der Waals surface area contributed by atoms with Crippen LogP contribution in [0.2, 0.25) is 0 Å². The highest BCUT2D eigenvalue weighted by molar-refractivity contribution is 7.39. The molecule has 0 radical (unpaired) electrons. The molecule has 0 aliphatic heterocycles. The Morgan fingerprint density at radius 2 is 1.85 bits per heavy atom. The highest BCUT2D eigenvalue weighted by Crippen LogP contribution is 2.22. The summed E-state index contributed by atoms with van der Waals surface area (Å²) in [4.78, 5) is 0. The predicted molar refractivity (Wildman–Crippen MR) is 56.2 cm³/mol. The van der Waals surface area contributed by atoms with E-state index in [1.54, 1.807) is 12.1 Å². The van der Waals surface area contributed by atoms with E-state index in [-0.39, 0.29) is 0 Å². The summed E-state index contributed by atoms with van der Waals surface area (Å²) in [5.74, 6) is 0.632. The molecule has 0 N–H and O–H groups in total. The molecule has 0 heterocycles. The first-order chi connectivity index (χ1) is 6.14. The lowest BCUT2D eigenvalue weighted by atomic mass is 10.3. The molecule has 0 aliphatic rings. The van der Waals surface area contributed by atoms with Crippen molar-refractivity contribution in [3.8, 4) is 5.75 Å². The molecule has 0 bridgehead atoms. The summed E-state index contributed by atoms with van der Waals surface area (Å²) >= 11 is 11.7. The second-order valence-electron chi connectivity index (χ2n) is 2.31. The van der Waals surface area contributed by atoms with E-state index in [1.165, 1.54) is 0 Å². The molecule has 0 amide bonds. The Morgan fingerprint density at radius 1 is 1.23 bits per heavy atom. The van der Waals surface area contributed by atoms with Gasteiger partial charge in [-0.2, -0.15) is 0 Å². The van der Waals surface area contributed by atoms with Gasteiger partial charge in [0.05, 0.1) is 0 Å². The quantitative estimate of drug-likeness (QED) is 0.592. The summed E-state index contributed by atoms with van der Waals surface area (Å²) in [6, 6.07) is 9.15. The Balaban J connectivity index is 2.58. The lowest BCUT2D eigenvalue weighted by Gasteiger charge is -2.16. The van der Waals surface area contributed by atoms with Crippen LogP contribution in [0.15, 0.2) is 30.3 Å². The summed E-state index contributed by atoms with van der Waals surface area (Å²) in [6.45, 7) is 2.27. The Kier molecular flexibility index (Phi) is 4.06. The lowest BCUT2D eigenvalue weighted by molar-refractivity contribution is 0.290. The fraction of sp³-hybridized carbons (Fsp3) is 0.250. The van der Waals surface area contributed by atoms with E-state index in [4.69, 9.17) is 31.0 Å². The Labute approximate surface area is 88.0 Å². The van der Waals surface area contributed by atoms with Crippen LogP contribution in [0, 0.1) is 0 Å². The van der Waals surface area contributed by atoms with Gasteiger partial charge >= 0.3 is 7.18 Å². The minimum absolute atomic E-state index is 0.450. The van der Waals surface area contributed by atoms with Gasteiger partial charge in [0.2, 0.25) is 0 Å². The van der Waals surface area contributed by atoms with E-state index in [1.807, 2.05) is 25.1 Å². The molecule has 1 aromatic carbocycles. The summed E-state index contributed by atoms with van der Waals surface area (Å²) < 4.78 is 10.4. The third-order valence-corrected chi connectivity index (χ3v) is 3.51. The van der Waals surface area contributed by atoms with Crippen LogP contribution in [0.25, 0.3) is 0 Å². The number of hydrogen-bond donors (Lipinski definition) is 0. The van der Waals surface area contributed by atoms with E-state index >= 15 is 0 Å². The molecule has 2 nitrogen and oxygen atoms in total. The molecular formula is C8H10Cl2O2Si. The fourth-order valence-corrected chi connectivity index (χ4v) is 2.82. The Morgan fingerprint density at radius 3 is 2.38 bits per heavy atom. The van der Waals surface area contributed by atoms with Gasteiger partial charge in [0.1, 0.15) is 5.75 Å². The predicted octanol–water partition coefficient (Wildman–Crippen LogP) is 3.02. The van der Waals surface area contributed by atoms with Crippen molar-refractivity contribution in [2.45, 2.75) is 6.92 Å². The number of rotatable bonds is 4. The highest BCUT2D eigenvalue weighted by atomic mass is 35.7. The third kappa shape index (κ3) is 4.00. The summed E-state index contributed by atoms with van der Waals surface area (Å²) in [5.41, 5.74) is 0. The van der Waals surface area contributed by atoms with Crippen LogP contribution >= 0.6 is 22.2 Å². The molecular weight excluding hydrogens is 227 g/mol. The number of halogens is 2. The highest BCUT2D eigenvalue weighted by Gasteiger charge is 2.35. The molecule has 0 unspecified atom stereocenters. The second kappa shape index (κ2) is 4.86. The van der Waals surface area contributed by atoms with E-state index < -0.39 is 7.18 Å². The second-order valence-corrected chi connectivity index (χ2v) is 7.30. The fourth-order valence-electron chi connectivity index (χ4n) is 0.823. The van der Waals surface area contributed by atoms with Crippen LogP contribution in [0.1, 0.15) is 6.92 Å². The van der Waals surface area contributed by atoms with Crippen molar-refractivity contribution in [2.75, 3.05) is 6.61 Å². The van der Waals surface area contributed by atoms with E-state index in [2.05, 4.69) is 0 Å². The van der Waals surface area contributed by atoms with Gasteiger partial charge in [-0.1, -0.05) is 40.4 Å². The van der Waals surface area contributed by atoms with Crippen LogP contribution in [0.3, 0.4) is 0 Å². The van der Waals surface area contributed by atoms with Crippen LogP contribution in [-0.4, -0.2) is 13.8 Å². The molecule has 0 spiro atoms. The largest absolute Gasteiger partial charge is 0.615 e. The van der Waals surface area contributed by atoms with Crippen molar-refractivity contribution in [3.05, 3.63) is 30.3 Å². The number of para-hydroxylation sites is 1. The van der Waals surface area contributed by atoms with Gasteiger partial charge < -0.3 is 8.85 Å². The maximum Gasteiger partial charge on any atom is 0.615 e. The molecule has 0 aromatic heterocycles. The molecule has 5 heteroatoms. The van der Waals surface area contributed by atoms with Crippen molar-refractivity contribution < 1.29 is 8.85 Å². The van der Waals surface area contributed by atoms with Crippen molar-refractivity contribution in [1.29, 1.82) is 0 Å². The Bertz CT molecular complexity index is 254. The monoisotopic (exact) mass is 236 g/mol. The summed E-state index contributed by atoms with van der Waals surface area (Å²) in [5, 5.41) is 0.